The van der Waals surface area contributed by atoms with E-state index in [9.17, 15) is 13.2 Å². The Kier molecular flexibility index (Phi) is 6.04. The Morgan fingerprint density at radius 2 is 1.90 bits per heavy atom. The lowest BCUT2D eigenvalue weighted by Gasteiger charge is -2.17. The number of methoxy groups -OCH3 is 1. The van der Waals surface area contributed by atoms with E-state index < -0.39 is 15.0 Å². The maximum Gasteiger partial charge on any atom is 0.310 e. The fraction of sp³-hybridized carbons (Fsp3) is 0.500. The second kappa shape index (κ2) is 7.13. The maximum atomic E-state index is 11.9. The van der Waals surface area contributed by atoms with Gasteiger partial charge in [0.15, 0.2) is 0 Å². The summed E-state index contributed by atoms with van der Waals surface area (Å²) in [6.45, 7) is 5.69. The number of hydrogen-bond donors (Lipinski definition) is 0. The second-order valence-corrected chi connectivity index (χ2v) is 7.59. The van der Waals surface area contributed by atoms with Crippen LogP contribution in [0.1, 0.15) is 26.3 Å². The van der Waals surface area contributed by atoms with Crippen LogP contribution in [0, 0.1) is 5.92 Å². The average molecular weight is 335 g/mol. The summed E-state index contributed by atoms with van der Waals surface area (Å²) in [7, 11) is 2.89. The molecule has 0 aliphatic rings. The molecule has 1 atom stereocenters. The van der Waals surface area contributed by atoms with Crippen molar-refractivity contribution in [3.8, 4) is 5.75 Å². The molecule has 0 N–H and O–H groups in total. The Morgan fingerprint density at radius 1 is 1.29 bits per heavy atom. The molecule has 1 aromatic rings. The summed E-state index contributed by atoms with van der Waals surface area (Å²) in [6, 6.07) is 4.11. The van der Waals surface area contributed by atoms with E-state index in [-0.39, 0.29) is 23.3 Å². The van der Waals surface area contributed by atoms with Crippen molar-refractivity contribution in [2.45, 2.75) is 38.2 Å². The van der Waals surface area contributed by atoms with Gasteiger partial charge in [0, 0.05) is 16.2 Å². The average Bonchev–Trinajstić information content (AvgIpc) is 2.37. The molecule has 1 rings (SSSR count). The van der Waals surface area contributed by atoms with Crippen molar-refractivity contribution in [2.24, 2.45) is 5.92 Å². The van der Waals surface area contributed by atoms with Gasteiger partial charge in [-0.1, -0.05) is 13.8 Å². The smallest absolute Gasteiger partial charge is 0.310 e. The highest BCUT2D eigenvalue weighted by Gasteiger charge is 2.18. The Hall–Kier alpha value is -1.27. The number of ether oxygens (including phenoxy) is 2. The topological polar surface area (TPSA) is 69.7 Å². The van der Waals surface area contributed by atoms with Gasteiger partial charge in [-0.25, -0.2) is 8.42 Å². The highest BCUT2D eigenvalue weighted by Crippen LogP contribution is 2.25. The van der Waals surface area contributed by atoms with Crippen LogP contribution in [0.15, 0.2) is 23.1 Å². The van der Waals surface area contributed by atoms with Crippen molar-refractivity contribution in [3.63, 3.8) is 0 Å². The minimum atomic E-state index is -3.86. The first-order chi connectivity index (χ1) is 9.65. The minimum absolute atomic E-state index is 0.0790. The van der Waals surface area contributed by atoms with E-state index >= 15 is 0 Å². The number of esters is 1. The Morgan fingerprint density at radius 3 is 2.38 bits per heavy atom. The monoisotopic (exact) mass is 334 g/mol. The lowest BCUT2D eigenvalue weighted by atomic mass is 10.1. The van der Waals surface area contributed by atoms with Crippen LogP contribution in [0.25, 0.3) is 0 Å². The van der Waals surface area contributed by atoms with Crippen LogP contribution in [-0.4, -0.2) is 27.6 Å². The van der Waals surface area contributed by atoms with Crippen molar-refractivity contribution < 1.29 is 22.7 Å². The van der Waals surface area contributed by atoms with Gasteiger partial charge in [-0.15, -0.1) is 0 Å². The fourth-order valence-corrected chi connectivity index (χ4v) is 2.39. The van der Waals surface area contributed by atoms with Gasteiger partial charge in [0.1, 0.15) is 11.9 Å². The molecule has 0 heterocycles. The van der Waals surface area contributed by atoms with Gasteiger partial charge in [0.2, 0.25) is 0 Å². The molecule has 0 saturated carbocycles. The highest BCUT2D eigenvalue weighted by molar-refractivity contribution is 8.13. The standard InChI is InChI=1S/C14H19ClO5S/c1-9(2)10(3)20-14(16)8-11-7-12(21(15,17)18)5-6-13(11)19-4/h5-7,9-10H,8H2,1-4H3. The van der Waals surface area contributed by atoms with Crippen molar-refractivity contribution in [2.75, 3.05) is 7.11 Å². The molecule has 1 unspecified atom stereocenters. The zero-order valence-corrected chi connectivity index (χ0v) is 14.0. The lowest BCUT2D eigenvalue weighted by Crippen LogP contribution is -2.21. The molecule has 0 bridgehead atoms. The number of carbonyl (C=O) groups excluding carboxylic acids is 1. The van der Waals surface area contributed by atoms with Crippen LogP contribution in [0.3, 0.4) is 0 Å². The first kappa shape index (κ1) is 17.8. The molecule has 0 aliphatic carbocycles. The zero-order valence-electron chi connectivity index (χ0n) is 12.4. The molecule has 118 valence electrons. The first-order valence-electron chi connectivity index (χ1n) is 6.46. The number of benzene rings is 1. The zero-order chi connectivity index (χ0) is 16.2. The third-order valence-corrected chi connectivity index (χ3v) is 4.48. The van der Waals surface area contributed by atoms with Crippen LogP contribution >= 0.6 is 10.7 Å². The predicted octanol–water partition coefficient (Wildman–Crippen LogP) is 2.75. The molecule has 1 aromatic carbocycles. The first-order valence-corrected chi connectivity index (χ1v) is 8.77. The van der Waals surface area contributed by atoms with E-state index in [4.69, 9.17) is 20.2 Å². The fourth-order valence-electron chi connectivity index (χ4n) is 1.59. The molecule has 5 nitrogen and oxygen atoms in total. The summed E-state index contributed by atoms with van der Waals surface area (Å²) in [4.78, 5) is 11.8. The van der Waals surface area contributed by atoms with Crippen molar-refractivity contribution in [3.05, 3.63) is 23.8 Å². The van der Waals surface area contributed by atoms with Gasteiger partial charge in [-0.3, -0.25) is 4.79 Å². The van der Waals surface area contributed by atoms with Gasteiger partial charge in [-0.2, -0.15) is 0 Å². The molecule has 7 heteroatoms. The van der Waals surface area contributed by atoms with Crippen molar-refractivity contribution in [1.29, 1.82) is 0 Å². The molecule has 0 spiro atoms. The van der Waals surface area contributed by atoms with E-state index in [0.717, 1.165) is 0 Å². The molecule has 0 aliphatic heterocycles. The van der Waals surface area contributed by atoms with Gasteiger partial charge >= 0.3 is 5.97 Å². The number of hydrogen-bond acceptors (Lipinski definition) is 5. The SMILES string of the molecule is COc1ccc(S(=O)(=O)Cl)cc1CC(=O)OC(C)C(C)C. The van der Waals surface area contributed by atoms with Gasteiger partial charge in [-0.05, 0) is 31.0 Å². The van der Waals surface area contributed by atoms with Gasteiger partial charge < -0.3 is 9.47 Å². The maximum absolute atomic E-state index is 11.9. The molecule has 0 aromatic heterocycles. The van der Waals surface area contributed by atoms with E-state index in [0.29, 0.717) is 11.3 Å². The quantitative estimate of drug-likeness (QED) is 0.591. The molecular weight excluding hydrogens is 316 g/mol. The Labute approximate surface area is 129 Å². The van der Waals surface area contributed by atoms with E-state index in [1.807, 2.05) is 13.8 Å². The number of rotatable bonds is 6. The third kappa shape index (κ3) is 5.21. The highest BCUT2D eigenvalue weighted by atomic mass is 35.7. The van der Waals surface area contributed by atoms with Gasteiger partial charge in [0.25, 0.3) is 9.05 Å². The Bertz CT molecular complexity index is 610. The summed E-state index contributed by atoms with van der Waals surface area (Å²) in [6.07, 6.45) is -0.302. The molecule has 0 amide bonds. The van der Waals surface area contributed by atoms with Crippen molar-refractivity contribution >= 4 is 25.7 Å². The molecule has 21 heavy (non-hydrogen) atoms. The van der Waals surface area contributed by atoms with Crippen LogP contribution in [-0.2, 0) is 25.0 Å². The van der Waals surface area contributed by atoms with E-state index in [1.165, 1.54) is 25.3 Å². The van der Waals surface area contributed by atoms with Crippen molar-refractivity contribution in [1.82, 2.24) is 0 Å². The largest absolute Gasteiger partial charge is 0.496 e. The molecule has 0 radical (unpaired) electrons. The van der Waals surface area contributed by atoms with Gasteiger partial charge in [0.05, 0.1) is 18.4 Å². The molecular formula is C14H19ClO5S. The lowest BCUT2D eigenvalue weighted by molar-refractivity contribution is -0.149. The minimum Gasteiger partial charge on any atom is -0.496 e. The molecule has 0 fully saturated rings. The summed E-state index contributed by atoms with van der Waals surface area (Å²) in [5.41, 5.74) is 0.417. The van der Waals surface area contributed by atoms with E-state index in [1.54, 1.807) is 6.92 Å². The Balaban J connectivity index is 2.98. The van der Waals surface area contributed by atoms with Crippen LogP contribution in [0.2, 0.25) is 0 Å². The van der Waals surface area contributed by atoms with E-state index in [2.05, 4.69) is 0 Å². The summed E-state index contributed by atoms with van der Waals surface area (Å²) < 4.78 is 33.1. The van der Waals surface area contributed by atoms with Crippen LogP contribution in [0.5, 0.6) is 5.75 Å². The normalized spacial score (nSPS) is 13.0. The number of carbonyl (C=O) groups is 1. The summed E-state index contributed by atoms with van der Waals surface area (Å²) >= 11 is 0. The summed E-state index contributed by atoms with van der Waals surface area (Å²) in [5, 5.41) is 0. The second-order valence-electron chi connectivity index (χ2n) is 5.03. The van der Waals surface area contributed by atoms with Crippen LogP contribution in [0.4, 0.5) is 0 Å². The van der Waals surface area contributed by atoms with Crippen LogP contribution < -0.4 is 4.74 Å². The molecule has 0 saturated heterocycles. The summed E-state index contributed by atoms with van der Waals surface area (Å²) in [5.74, 6) is 0.164. The third-order valence-electron chi connectivity index (χ3n) is 3.12. The predicted molar refractivity (Wildman–Crippen MR) is 80.1 cm³/mol. The number of halogens is 1.